The highest BCUT2D eigenvalue weighted by molar-refractivity contribution is 5.76. The predicted octanol–water partition coefficient (Wildman–Crippen LogP) is 9.34. The molecule has 0 aliphatic carbocycles. The van der Waals surface area contributed by atoms with Crippen LogP contribution in [-0.4, -0.2) is 87.5 Å². The van der Waals surface area contributed by atoms with Crippen molar-refractivity contribution in [2.24, 2.45) is 0 Å². The van der Waals surface area contributed by atoms with Gasteiger partial charge in [0.2, 0.25) is 5.91 Å². The van der Waals surface area contributed by atoms with E-state index < -0.39 is 49.5 Å². The van der Waals surface area contributed by atoms with Crippen molar-refractivity contribution >= 4 is 5.91 Å². The summed E-state index contributed by atoms with van der Waals surface area (Å²) < 4.78 is 11.2. The molecule has 0 aromatic rings. The summed E-state index contributed by atoms with van der Waals surface area (Å²) in [6.07, 6.45) is 33.9. The molecule has 0 saturated carbocycles. The molecule has 54 heavy (non-hydrogen) atoms. The molecule has 9 nitrogen and oxygen atoms in total. The molecule has 1 aliphatic rings. The minimum Gasteiger partial charge on any atom is -0.394 e. The van der Waals surface area contributed by atoms with Gasteiger partial charge >= 0.3 is 0 Å². The van der Waals surface area contributed by atoms with Gasteiger partial charge in [-0.2, -0.15) is 0 Å². The second-order valence-electron chi connectivity index (χ2n) is 16.2. The Morgan fingerprint density at radius 1 is 0.611 bits per heavy atom. The number of hydrogen-bond donors (Lipinski definition) is 6. The van der Waals surface area contributed by atoms with Crippen LogP contribution in [0.2, 0.25) is 0 Å². The lowest BCUT2D eigenvalue weighted by atomic mass is 9.99. The average Bonchev–Trinajstić information content (AvgIpc) is 3.17. The standard InChI is InChI=1S/C45H87NO8/c1-3-5-7-9-11-13-14-15-16-17-18-19-20-21-22-23-24-25-27-29-31-33-35-41(49)46-38(39(48)34-32-30-28-26-12-10-8-6-4-2)37-53-45-44(52)43(51)42(50)40(36-47)54-45/h12,26,38-40,42-45,47-48,50-52H,3-11,13-25,27-37H2,1-2H3,(H,46,49)/b26-12+/t38-,39+,40-,42-,43?,44?,45-/m0/s1. The molecule has 7 atom stereocenters. The summed E-state index contributed by atoms with van der Waals surface area (Å²) in [5, 5.41) is 54.1. The number of rotatable bonds is 38. The highest BCUT2D eigenvalue weighted by atomic mass is 16.7. The number of allylic oxidation sites excluding steroid dienone is 2. The summed E-state index contributed by atoms with van der Waals surface area (Å²) in [7, 11) is 0. The number of aliphatic hydroxyl groups excluding tert-OH is 5. The van der Waals surface area contributed by atoms with E-state index in [1.807, 2.05) is 0 Å². The second-order valence-corrected chi connectivity index (χ2v) is 16.2. The molecule has 1 amide bonds. The van der Waals surface area contributed by atoms with Gasteiger partial charge < -0.3 is 40.3 Å². The van der Waals surface area contributed by atoms with Crippen LogP contribution in [0.3, 0.4) is 0 Å². The number of ether oxygens (including phenoxy) is 2. The number of aliphatic hydroxyl groups is 5. The van der Waals surface area contributed by atoms with Gasteiger partial charge in [-0.3, -0.25) is 4.79 Å². The monoisotopic (exact) mass is 770 g/mol. The molecule has 320 valence electrons. The van der Waals surface area contributed by atoms with E-state index in [2.05, 4.69) is 31.3 Å². The maximum absolute atomic E-state index is 12.9. The lowest BCUT2D eigenvalue weighted by Gasteiger charge is -2.40. The molecule has 0 radical (unpaired) electrons. The Hall–Kier alpha value is -1.07. The zero-order valence-corrected chi connectivity index (χ0v) is 35.0. The van der Waals surface area contributed by atoms with E-state index in [-0.39, 0.29) is 12.5 Å². The topological polar surface area (TPSA) is 149 Å². The van der Waals surface area contributed by atoms with Crippen molar-refractivity contribution in [3.8, 4) is 0 Å². The number of amides is 1. The van der Waals surface area contributed by atoms with E-state index in [1.165, 1.54) is 141 Å². The highest BCUT2D eigenvalue weighted by Crippen LogP contribution is 2.23. The van der Waals surface area contributed by atoms with Crippen LogP contribution >= 0.6 is 0 Å². The van der Waals surface area contributed by atoms with Gasteiger partial charge in [0.25, 0.3) is 0 Å². The summed E-state index contributed by atoms with van der Waals surface area (Å²) in [5.41, 5.74) is 0. The molecular formula is C45H87NO8. The minimum absolute atomic E-state index is 0.147. The smallest absolute Gasteiger partial charge is 0.220 e. The molecule has 0 aromatic heterocycles. The van der Waals surface area contributed by atoms with Gasteiger partial charge in [-0.1, -0.05) is 180 Å². The van der Waals surface area contributed by atoms with Crippen LogP contribution in [-0.2, 0) is 14.3 Å². The largest absolute Gasteiger partial charge is 0.394 e. The van der Waals surface area contributed by atoms with E-state index in [9.17, 15) is 30.3 Å². The predicted molar refractivity (Wildman–Crippen MR) is 221 cm³/mol. The zero-order chi connectivity index (χ0) is 39.5. The van der Waals surface area contributed by atoms with Crippen molar-refractivity contribution in [1.29, 1.82) is 0 Å². The normalized spacial score (nSPS) is 21.5. The first-order chi connectivity index (χ1) is 26.3. The van der Waals surface area contributed by atoms with E-state index in [1.54, 1.807) is 0 Å². The summed E-state index contributed by atoms with van der Waals surface area (Å²) in [4.78, 5) is 12.9. The van der Waals surface area contributed by atoms with Gasteiger partial charge in [0, 0.05) is 6.42 Å². The Balaban J connectivity index is 2.22. The van der Waals surface area contributed by atoms with Crippen LogP contribution in [0, 0.1) is 0 Å². The van der Waals surface area contributed by atoms with E-state index in [0.717, 1.165) is 44.9 Å². The van der Waals surface area contributed by atoms with Crippen LogP contribution in [0.15, 0.2) is 12.2 Å². The molecule has 0 spiro atoms. The van der Waals surface area contributed by atoms with Gasteiger partial charge in [0.1, 0.15) is 24.4 Å². The van der Waals surface area contributed by atoms with E-state index in [0.29, 0.717) is 12.8 Å². The number of unbranched alkanes of at least 4 members (excludes halogenated alkanes) is 26. The second kappa shape index (κ2) is 36.3. The number of carbonyl (C=O) groups excluding carboxylic acids is 1. The van der Waals surface area contributed by atoms with Crippen molar-refractivity contribution in [2.45, 2.75) is 256 Å². The van der Waals surface area contributed by atoms with E-state index in [4.69, 9.17) is 9.47 Å². The molecule has 9 heteroatoms. The molecule has 1 heterocycles. The lowest BCUT2D eigenvalue weighted by molar-refractivity contribution is -0.302. The Morgan fingerprint density at radius 3 is 1.50 bits per heavy atom. The van der Waals surface area contributed by atoms with Crippen molar-refractivity contribution in [1.82, 2.24) is 5.32 Å². The fourth-order valence-electron chi connectivity index (χ4n) is 7.39. The van der Waals surface area contributed by atoms with Crippen LogP contribution in [0.4, 0.5) is 0 Å². The van der Waals surface area contributed by atoms with Crippen LogP contribution in [0.1, 0.15) is 213 Å². The Kier molecular flexibility index (Phi) is 34.2. The molecule has 2 unspecified atom stereocenters. The molecule has 1 fully saturated rings. The number of carbonyl (C=O) groups is 1. The molecule has 0 aromatic carbocycles. The zero-order valence-electron chi connectivity index (χ0n) is 35.0. The first-order valence-corrected chi connectivity index (χ1v) is 22.9. The SMILES string of the molecule is CCCCC/C=C/CCCC[C@@H](O)[C@H](CO[C@H]1O[C@@H](CO)[C@H](O)C(O)C1O)NC(=O)CCCCCCCCCCCCCCCCCCCCCCCC. The van der Waals surface area contributed by atoms with Gasteiger partial charge in [-0.25, -0.2) is 0 Å². The molecule has 1 aliphatic heterocycles. The molecule has 1 rings (SSSR count). The summed E-state index contributed by atoms with van der Waals surface area (Å²) >= 11 is 0. The summed E-state index contributed by atoms with van der Waals surface area (Å²) in [5.74, 6) is -0.153. The van der Waals surface area contributed by atoms with Gasteiger partial charge in [0.05, 0.1) is 25.4 Å². The van der Waals surface area contributed by atoms with Gasteiger partial charge in [0.15, 0.2) is 6.29 Å². The maximum Gasteiger partial charge on any atom is 0.220 e. The van der Waals surface area contributed by atoms with Crippen molar-refractivity contribution < 1.29 is 39.8 Å². The first-order valence-electron chi connectivity index (χ1n) is 22.9. The lowest BCUT2D eigenvalue weighted by Crippen LogP contribution is -2.60. The summed E-state index contributed by atoms with van der Waals surface area (Å²) in [6, 6.07) is -0.728. The fraction of sp³-hybridized carbons (Fsp3) is 0.933. The molecule has 0 bridgehead atoms. The van der Waals surface area contributed by atoms with E-state index >= 15 is 0 Å². The highest BCUT2D eigenvalue weighted by Gasteiger charge is 2.44. The van der Waals surface area contributed by atoms with Gasteiger partial charge in [-0.05, 0) is 38.5 Å². The molecule has 1 saturated heterocycles. The Morgan fingerprint density at radius 2 is 1.04 bits per heavy atom. The molecular weight excluding hydrogens is 682 g/mol. The third-order valence-electron chi connectivity index (χ3n) is 11.1. The van der Waals surface area contributed by atoms with Crippen molar-refractivity contribution in [3.63, 3.8) is 0 Å². The van der Waals surface area contributed by atoms with Crippen LogP contribution < -0.4 is 5.32 Å². The third kappa shape index (κ3) is 26.7. The average molecular weight is 770 g/mol. The Labute approximate surface area is 331 Å². The summed E-state index contributed by atoms with van der Waals surface area (Å²) in [6.45, 7) is 3.78. The first kappa shape index (κ1) is 50.9. The van der Waals surface area contributed by atoms with Crippen molar-refractivity contribution in [3.05, 3.63) is 12.2 Å². The maximum atomic E-state index is 12.9. The van der Waals surface area contributed by atoms with Crippen molar-refractivity contribution in [2.75, 3.05) is 13.2 Å². The van der Waals surface area contributed by atoms with Crippen LogP contribution in [0.5, 0.6) is 0 Å². The minimum atomic E-state index is -1.55. The van der Waals surface area contributed by atoms with Crippen LogP contribution in [0.25, 0.3) is 0 Å². The Bertz CT molecular complexity index is 858. The number of nitrogens with one attached hydrogen (secondary N) is 1. The molecule has 6 N–H and O–H groups in total. The quantitative estimate of drug-likeness (QED) is 0.0269. The third-order valence-corrected chi connectivity index (χ3v) is 11.1. The van der Waals surface area contributed by atoms with Gasteiger partial charge in [-0.15, -0.1) is 0 Å². The number of hydrogen-bond acceptors (Lipinski definition) is 8. The fourth-order valence-corrected chi connectivity index (χ4v) is 7.39.